The highest BCUT2D eigenvalue weighted by molar-refractivity contribution is 5.46. The third-order valence-electron chi connectivity index (χ3n) is 3.12. The van der Waals surface area contributed by atoms with E-state index < -0.39 is 0 Å². The lowest BCUT2D eigenvalue weighted by Crippen LogP contribution is -2.24. The van der Waals surface area contributed by atoms with E-state index in [-0.39, 0.29) is 0 Å². The Morgan fingerprint density at radius 3 is 2.63 bits per heavy atom. The summed E-state index contributed by atoms with van der Waals surface area (Å²) in [5.41, 5.74) is 9.33. The number of benzene rings is 1. The number of nitrogen functional groups attached to an aromatic ring is 1. The number of pyridine rings is 1. The second kappa shape index (κ2) is 6.90. The van der Waals surface area contributed by atoms with Crippen molar-refractivity contribution in [3.63, 3.8) is 0 Å². The van der Waals surface area contributed by atoms with Gasteiger partial charge in [-0.25, -0.2) is 0 Å². The van der Waals surface area contributed by atoms with Crippen LogP contribution in [0.25, 0.3) is 0 Å². The fourth-order valence-electron chi connectivity index (χ4n) is 2.20. The molecule has 3 nitrogen and oxygen atoms in total. The molecule has 0 saturated heterocycles. The van der Waals surface area contributed by atoms with Crippen LogP contribution in [0.1, 0.15) is 24.5 Å². The van der Waals surface area contributed by atoms with Gasteiger partial charge in [-0.15, -0.1) is 0 Å². The maximum absolute atomic E-state index is 6.02. The van der Waals surface area contributed by atoms with Crippen molar-refractivity contribution < 1.29 is 0 Å². The first-order valence-corrected chi connectivity index (χ1v) is 6.74. The van der Waals surface area contributed by atoms with Crippen molar-refractivity contribution in [3.05, 3.63) is 59.9 Å². The minimum atomic E-state index is 0.870. The lowest BCUT2D eigenvalue weighted by atomic mass is 10.1. The van der Waals surface area contributed by atoms with E-state index in [9.17, 15) is 0 Å². The van der Waals surface area contributed by atoms with E-state index in [1.807, 2.05) is 36.7 Å². The van der Waals surface area contributed by atoms with E-state index in [0.29, 0.717) is 0 Å². The van der Waals surface area contributed by atoms with Crippen LogP contribution < -0.4 is 5.73 Å². The Bertz CT molecular complexity index is 496. The molecule has 0 aliphatic carbocycles. The van der Waals surface area contributed by atoms with Gasteiger partial charge in [0.1, 0.15) is 0 Å². The largest absolute Gasteiger partial charge is 0.398 e. The van der Waals surface area contributed by atoms with Gasteiger partial charge in [-0.1, -0.05) is 31.2 Å². The van der Waals surface area contributed by atoms with Gasteiger partial charge in [0.15, 0.2) is 0 Å². The molecule has 0 saturated carbocycles. The number of hydrogen-bond acceptors (Lipinski definition) is 3. The van der Waals surface area contributed by atoms with Crippen LogP contribution in [0.15, 0.2) is 48.8 Å². The molecule has 1 heterocycles. The van der Waals surface area contributed by atoms with E-state index in [1.54, 1.807) is 0 Å². The summed E-state index contributed by atoms with van der Waals surface area (Å²) in [6.45, 7) is 5.05. The van der Waals surface area contributed by atoms with Crippen LogP contribution in [-0.4, -0.2) is 16.4 Å². The third kappa shape index (κ3) is 4.07. The molecule has 0 aliphatic heterocycles. The van der Waals surface area contributed by atoms with E-state index in [0.717, 1.165) is 31.7 Å². The number of para-hydroxylation sites is 1. The molecule has 0 aliphatic rings. The fourth-order valence-corrected chi connectivity index (χ4v) is 2.20. The van der Waals surface area contributed by atoms with Gasteiger partial charge < -0.3 is 5.73 Å². The first-order valence-electron chi connectivity index (χ1n) is 6.74. The van der Waals surface area contributed by atoms with Gasteiger partial charge in [0.05, 0.1) is 0 Å². The Morgan fingerprint density at radius 1 is 1.11 bits per heavy atom. The van der Waals surface area contributed by atoms with Gasteiger partial charge in [0.25, 0.3) is 0 Å². The topological polar surface area (TPSA) is 42.2 Å². The summed E-state index contributed by atoms with van der Waals surface area (Å²) in [5, 5.41) is 0. The van der Waals surface area contributed by atoms with Crippen molar-refractivity contribution in [1.82, 2.24) is 9.88 Å². The number of rotatable bonds is 6. The molecule has 19 heavy (non-hydrogen) atoms. The monoisotopic (exact) mass is 255 g/mol. The van der Waals surface area contributed by atoms with Crippen molar-refractivity contribution >= 4 is 5.69 Å². The predicted octanol–water partition coefficient (Wildman–Crippen LogP) is 3.08. The first-order chi connectivity index (χ1) is 9.29. The number of aromatic nitrogens is 1. The van der Waals surface area contributed by atoms with Crippen molar-refractivity contribution in [2.45, 2.75) is 26.4 Å². The molecule has 100 valence electrons. The zero-order chi connectivity index (χ0) is 13.5. The van der Waals surface area contributed by atoms with Crippen LogP contribution in [0.2, 0.25) is 0 Å². The normalized spacial score (nSPS) is 10.8. The summed E-state index contributed by atoms with van der Waals surface area (Å²) in [7, 11) is 0. The Balaban J connectivity index is 2.06. The zero-order valence-corrected chi connectivity index (χ0v) is 11.4. The maximum atomic E-state index is 6.02. The Hall–Kier alpha value is -1.87. The van der Waals surface area contributed by atoms with E-state index in [4.69, 9.17) is 5.73 Å². The number of nitrogens with two attached hydrogens (primary N) is 1. The van der Waals surface area contributed by atoms with Crippen molar-refractivity contribution in [2.75, 3.05) is 12.3 Å². The van der Waals surface area contributed by atoms with Crippen LogP contribution >= 0.6 is 0 Å². The lowest BCUT2D eigenvalue weighted by Gasteiger charge is -2.22. The highest BCUT2D eigenvalue weighted by Gasteiger charge is 2.08. The van der Waals surface area contributed by atoms with Crippen LogP contribution in [0.5, 0.6) is 0 Å². The molecule has 0 radical (unpaired) electrons. The maximum Gasteiger partial charge on any atom is 0.0359 e. The molecule has 0 atom stereocenters. The second-order valence-corrected chi connectivity index (χ2v) is 4.77. The van der Waals surface area contributed by atoms with Crippen LogP contribution in [0.4, 0.5) is 5.69 Å². The van der Waals surface area contributed by atoms with Crippen molar-refractivity contribution in [2.24, 2.45) is 0 Å². The summed E-state index contributed by atoms with van der Waals surface area (Å²) in [6, 6.07) is 12.2. The van der Waals surface area contributed by atoms with Gasteiger partial charge in [0, 0.05) is 31.2 Å². The molecular weight excluding hydrogens is 234 g/mol. The van der Waals surface area contributed by atoms with Crippen LogP contribution in [0, 0.1) is 0 Å². The quantitative estimate of drug-likeness (QED) is 0.807. The smallest absolute Gasteiger partial charge is 0.0359 e. The molecule has 0 unspecified atom stereocenters. The molecular formula is C16H21N3. The first kappa shape index (κ1) is 13.6. The van der Waals surface area contributed by atoms with Gasteiger partial charge in [-0.3, -0.25) is 9.88 Å². The van der Waals surface area contributed by atoms with Gasteiger partial charge in [0.2, 0.25) is 0 Å². The minimum absolute atomic E-state index is 0.870. The van der Waals surface area contributed by atoms with E-state index in [2.05, 4.69) is 28.9 Å². The third-order valence-corrected chi connectivity index (χ3v) is 3.12. The summed E-state index contributed by atoms with van der Waals surface area (Å²) >= 11 is 0. The molecule has 3 heteroatoms. The average molecular weight is 255 g/mol. The molecule has 2 rings (SSSR count). The molecule has 0 bridgehead atoms. The lowest BCUT2D eigenvalue weighted by molar-refractivity contribution is 0.257. The molecule has 0 fully saturated rings. The second-order valence-electron chi connectivity index (χ2n) is 4.77. The average Bonchev–Trinajstić information content (AvgIpc) is 2.43. The number of nitrogens with zero attached hydrogens (tertiary/aromatic N) is 2. The predicted molar refractivity (Wildman–Crippen MR) is 79.5 cm³/mol. The summed E-state index contributed by atoms with van der Waals surface area (Å²) in [4.78, 5) is 6.58. The zero-order valence-electron chi connectivity index (χ0n) is 11.4. The highest BCUT2D eigenvalue weighted by atomic mass is 15.1. The number of hydrogen-bond donors (Lipinski definition) is 1. The van der Waals surface area contributed by atoms with E-state index in [1.165, 1.54) is 11.1 Å². The minimum Gasteiger partial charge on any atom is -0.398 e. The summed E-state index contributed by atoms with van der Waals surface area (Å²) in [5.74, 6) is 0. The number of anilines is 1. The van der Waals surface area contributed by atoms with Gasteiger partial charge >= 0.3 is 0 Å². The van der Waals surface area contributed by atoms with Crippen molar-refractivity contribution in [3.8, 4) is 0 Å². The molecule has 0 spiro atoms. The Morgan fingerprint density at radius 2 is 1.95 bits per heavy atom. The van der Waals surface area contributed by atoms with E-state index >= 15 is 0 Å². The highest BCUT2D eigenvalue weighted by Crippen LogP contribution is 2.15. The molecule has 0 amide bonds. The van der Waals surface area contributed by atoms with Crippen molar-refractivity contribution in [1.29, 1.82) is 0 Å². The Labute approximate surface area is 115 Å². The molecule has 1 aromatic heterocycles. The summed E-state index contributed by atoms with van der Waals surface area (Å²) < 4.78 is 0. The van der Waals surface area contributed by atoms with Crippen LogP contribution in [-0.2, 0) is 13.1 Å². The molecule has 1 aromatic carbocycles. The molecule has 2 aromatic rings. The SMILES string of the molecule is CCCN(Cc1cccnc1)Cc1ccccc1N. The van der Waals surface area contributed by atoms with Gasteiger partial charge in [-0.05, 0) is 36.2 Å². The van der Waals surface area contributed by atoms with Crippen LogP contribution in [0.3, 0.4) is 0 Å². The summed E-state index contributed by atoms with van der Waals surface area (Å²) in [6.07, 6.45) is 4.87. The van der Waals surface area contributed by atoms with Gasteiger partial charge in [-0.2, -0.15) is 0 Å². The standard InChI is InChI=1S/C16H21N3/c1-2-10-19(12-14-6-5-9-18-11-14)13-15-7-3-4-8-16(15)17/h3-9,11H,2,10,12-13,17H2,1H3. The Kier molecular flexibility index (Phi) is 4.93. The fraction of sp³-hybridized carbons (Fsp3) is 0.312. The molecule has 2 N–H and O–H groups in total.